The van der Waals surface area contributed by atoms with Gasteiger partial charge in [0.2, 0.25) is 0 Å². The number of aliphatic carboxylic acids is 2. The van der Waals surface area contributed by atoms with Gasteiger partial charge in [0, 0.05) is 0 Å². The van der Waals surface area contributed by atoms with Crippen LogP contribution in [0.3, 0.4) is 0 Å². The monoisotopic (exact) mass is 254 g/mol. The molecule has 0 saturated heterocycles. The third-order valence-corrected chi connectivity index (χ3v) is 2.76. The zero-order valence-corrected chi connectivity index (χ0v) is 13.2. The minimum absolute atomic E-state index is 0.806. The van der Waals surface area contributed by atoms with E-state index in [1.165, 1.54) is 66.5 Å². The number of carboxylic acids is 2. The molecular formula is C12H23NaO4. The van der Waals surface area contributed by atoms with Crippen molar-refractivity contribution in [1.29, 1.82) is 0 Å². The Bertz CT molecular complexity index is 193. The first-order chi connectivity index (χ1) is 7.90. The Labute approximate surface area is 121 Å². The summed E-state index contributed by atoms with van der Waals surface area (Å²) in [7, 11) is 0. The van der Waals surface area contributed by atoms with Gasteiger partial charge in [0.15, 0.2) is 0 Å². The maximum atomic E-state index is 9.43. The summed E-state index contributed by atoms with van der Waals surface area (Å²) in [5.74, 6) is -2.62. The molecule has 0 aliphatic heterocycles. The molecule has 0 heterocycles. The first kappa shape index (κ1) is 19.3. The summed E-state index contributed by atoms with van der Waals surface area (Å²) in [4.78, 5) is 18.9. The van der Waals surface area contributed by atoms with E-state index in [2.05, 4.69) is 13.8 Å². The summed E-state index contributed by atoms with van der Waals surface area (Å²) in [6.45, 7) is 4.64. The third-order valence-electron chi connectivity index (χ3n) is 2.19. The van der Waals surface area contributed by atoms with E-state index in [9.17, 15) is 9.59 Å². The minimum atomic E-state index is -1.31. The molecule has 0 saturated carbocycles. The average Bonchev–Trinajstić information content (AvgIpc) is 2.15. The zero-order valence-electron chi connectivity index (χ0n) is 11.2. The van der Waals surface area contributed by atoms with Crippen molar-refractivity contribution in [3.05, 3.63) is 0 Å². The molecule has 0 aromatic rings. The molecule has 1 atom stereocenters. The summed E-state index contributed by atoms with van der Waals surface area (Å²) < 4.78 is 1.04. The van der Waals surface area contributed by atoms with Gasteiger partial charge in [0.25, 0.3) is 0 Å². The van der Waals surface area contributed by atoms with Crippen molar-refractivity contribution < 1.29 is 19.8 Å². The van der Waals surface area contributed by atoms with Crippen molar-refractivity contribution >= 4 is 39.9 Å². The van der Waals surface area contributed by atoms with Crippen molar-refractivity contribution in [3.8, 4) is 0 Å². The predicted octanol–water partition coefficient (Wildman–Crippen LogP) is 2.87. The maximum absolute atomic E-state index is 9.43. The molecule has 0 rings (SSSR count). The summed E-state index contributed by atoms with van der Waals surface area (Å²) in [6, 6.07) is 0. The molecule has 17 heavy (non-hydrogen) atoms. The normalized spacial score (nSPS) is 11.3. The average molecular weight is 254 g/mol. The number of hydrogen-bond donors (Lipinski definition) is 2. The van der Waals surface area contributed by atoms with Gasteiger partial charge < -0.3 is 10.2 Å². The molecule has 2 N–H and O–H groups in total. The quantitative estimate of drug-likeness (QED) is 0.397. The Morgan fingerprint density at radius 1 is 1.06 bits per heavy atom. The van der Waals surface area contributed by atoms with Gasteiger partial charge in [-0.15, -0.1) is 0 Å². The van der Waals surface area contributed by atoms with Crippen LogP contribution in [0.2, 0.25) is 3.17 Å². The van der Waals surface area contributed by atoms with Crippen molar-refractivity contribution in [1.82, 2.24) is 0 Å². The first-order valence-corrected chi connectivity index (χ1v) is 7.49. The van der Waals surface area contributed by atoms with E-state index >= 15 is 0 Å². The first-order valence-electron chi connectivity index (χ1n) is 6.33. The Morgan fingerprint density at radius 2 is 1.53 bits per heavy atom. The van der Waals surface area contributed by atoms with Gasteiger partial charge >= 0.3 is 95.4 Å². The molecule has 96 valence electrons. The SMILES string of the molecule is CCCCCCC[CH](C)[Na].O=C(O)CC(=O)O. The van der Waals surface area contributed by atoms with Gasteiger partial charge in [0.1, 0.15) is 6.42 Å². The van der Waals surface area contributed by atoms with Gasteiger partial charge in [0.05, 0.1) is 0 Å². The summed E-state index contributed by atoms with van der Waals surface area (Å²) >= 11 is 1.39. The van der Waals surface area contributed by atoms with E-state index < -0.39 is 18.4 Å². The van der Waals surface area contributed by atoms with Crippen LogP contribution in [0.25, 0.3) is 0 Å². The Morgan fingerprint density at radius 3 is 1.82 bits per heavy atom. The van der Waals surface area contributed by atoms with Crippen LogP contribution in [0.5, 0.6) is 0 Å². The molecule has 1 unspecified atom stereocenters. The fourth-order valence-electron chi connectivity index (χ4n) is 1.29. The van der Waals surface area contributed by atoms with Gasteiger partial charge in [-0.25, -0.2) is 0 Å². The summed E-state index contributed by atoms with van der Waals surface area (Å²) in [6.07, 6.45) is 7.90. The Kier molecular flexibility index (Phi) is 15.9. The fourth-order valence-corrected chi connectivity index (χ4v) is 1.69. The molecule has 0 radical (unpaired) electrons. The molecule has 0 aliphatic carbocycles. The van der Waals surface area contributed by atoms with Gasteiger partial charge in [-0.1, -0.05) is 0 Å². The van der Waals surface area contributed by atoms with Gasteiger partial charge in [-0.2, -0.15) is 0 Å². The van der Waals surface area contributed by atoms with Crippen molar-refractivity contribution in [2.75, 3.05) is 0 Å². The van der Waals surface area contributed by atoms with Crippen molar-refractivity contribution in [3.63, 3.8) is 0 Å². The van der Waals surface area contributed by atoms with E-state index in [-0.39, 0.29) is 0 Å². The minimum Gasteiger partial charge on any atom is -0.481 e. The van der Waals surface area contributed by atoms with E-state index in [1.807, 2.05) is 0 Å². The molecule has 0 bridgehead atoms. The molecule has 0 aromatic carbocycles. The molecule has 0 amide bonds. The van der Waals surface area contributed by atoms with E-state index in [4.69, 9.17) is 10.2 Å². The van der Waals surface area contributed by atoms with Crippen LogP contribution in [-0.2, 0) is 9.59 Å². The Hall–Kier alpha value is -0.0600. The summed E-state index contributed by atoms with van der Waals surface area (Å²) in [5.41, 5.74) is 0. The van der Waals surface area contributed by atoms with Crippen LogP contribution in [0.1, 0.15) is 58.8 Å². The number of carbonyl (C=O) groups is 2. The number of hydrogen-bond acceptors (Lipinski definition) is 2. The number of unbranched alkanes of at least 4 members (excludes halogenated alkanes) is 4. The Balaban J connectivity index is 0. The second-order valence-electron chi connectivity index (χ2n) is 4.56. The van der Waals surface area contributed by atoms with Gasteiger partial charge in [-0.3, -0.25) is 9.59 Å². The topological polar surface area (TPSA) is 74.6 Å². The van der Waals surface area contributed by atoms with Crippen LogP contribution in [-0.4, -0.2) is 50.1 Å². The zero-order chi connectivity index (χ0) is 13.7. The van der Waals surface area contributed by atoms with Crippen LogP contribution < -0.4 is 0 Å². The van der Waals surface area contributed by atoms with Crippen LogP contribution in [0, 0.1) is 0 Å². The molecule has 0 spiro atoms. The molecule has 4 nitrogen and oxygen atoms in total. The second kappa shape index (κ2) is 14.0. The van der Waals surface area contributed by atoms with E-state index in [1.54, 1.807) is 0 Å². The van der Waals surface area contributed by atoms with Crippen LogP contribution in [0.4, 0.5) is 0 Å². The molecule has 0 aromatic heterocycles. The fraction of sp³-hybridized carbons (Fsp3) is 0.833. The molecule has 0 fully saturated rings. The molecule has 0 aliphatic rings. The second-order valence-corrected chi connectivity index (χ2v) is 6.53. The maximum Gasteiger partial charge on any atom is 0.314 e. The molecule has 5 heteroatoms. The largest absolute Gasteiger partial charge is 0.481 e. The third kappa shape index (κ3) is 25.9. The smallest absolute Gasteiger partial charge is 0.314 e. The standard InChI is InChI=1S/C9H19.C3H4O4.Na/c1-3-5-7-9-8-6-4-2;4-2(5)1-3(6)7;/h3H,4-9H2,1-2H3;1H2,(H,4,5)(H,6,7);. The van der Waals surface area contributed by atoms with E-state index in [0.717, 1.165) is 3.17 Å². The molecular weight excluding hydrogens is 231 g/mol. The van der Waals surface area contributed by atoms with E-state index in [0.29, 0.717) is 0 Å². The van der Waals surface area contributed by atoms with Crippen LogP contribution >= 0.6 is 0 Å². The van der Waals surface area contributed by atoms with Crippen LogP contribution in [0.15, 0.2) is 0 Å². The van der Waals surface area contributed by atoms with Crippen molar-refractivity contribution in [2.45, 2.75) is 62.0 Å². The predicted molar refractivity (Wildman–Crippen MR) is 68.4 cm³/mol. The summed E-state index contributed by atoms with van der Waals surface area (Å²) in [5, 5.41) is 15.4. The number of rotatable bonds is 8. The van der Waals surface area contributed by atoms with Crippen molar-refractivity contribution in [2.24, 2.45) is 0 Å². The number of carboxylic acid groups (broad SMARTS) is 2. The van der Waals surface area contributed by atoms with Gasteiger partial charge in [-0.05, 0) is 0 Å².